The van der Waals surface area contributed by atoms with Gasteiger partial charge in [-0.15, -0.1) is 0 Å². The van der Waals surface area contributed by atoms with E-state index in [1.807, 2.05) is 0 Å². The number of rotatable bonds is 6. The Balaban J connectivity index is 1.59. The van der Waals surface area contributed by atoms with Gasteiger partial charge >= 0.3 is 0 Å². The van der Waals surface area contributed by atoms with Gasteiger partial charge in [0.15, 0.2) is 0 Å². The molecule has 1 heterocycles. The molecule has 0 unspecified atom stereocenters. The number of likely N-dealkylation sites (tertiary alicyclic amines) is 1. The lowest BCUT2D eigenvalue weighted by molar-refractivity contribution is 0.0821. The average molecular weight is 345 g/mol. The lowest BCUT2D eigenvalue weighted by atomic mass is 10.1. The Morgan fingerprint density at radius 3 is 2.80 bits per heavy atom. The summed E-state index contributed by atoms with van der Waals surface area (Å²) in [6, 6.07) is 4.79. The molecule has 0 radical (unpaired) electrons. The molecule has 1 fully saturated rings. The lowest BCUT2D eigenvalue weighted by Crippen LogP contribution is -2.37. The Bertz CT molecular complexity index is 422. The summed E-state index contributed by atoms with van der Waals surface area (Å²) in [4.78, 5) is 2.40. The van der Waals surface area contributed by atoms with E-state index in [0.29, 0.717) is 0 Å². The summed E-state index contributed by atoms with van der Waals surface area (Å²) < 4.78 is 13.8. The van der Waals surface area contributed by atoms with Crippen LogP contribution in [0.25, 0.3) is 0 Å². The predicted molar refractivity (Wildman–Crippen MR) is 82.1 cm³/mol. The highest BCUT2D eigenvalue weighted by Gasteiger charge is 2.15. The zero-order valence-corrected chi connectivity index (χ0v) is 13.2. The predicted octanol–water partition coefficient (Wildman–Crippen LogP) is 2.52. The van der Waals surface area contributed by atoms with E-state index in [0.717, 1.165) is 62.0 Å². The Morgan fingerprint density at radius 1 is 1.35 bits per heavy atom. The fourth-order valence-electron chi connectivity index (χ4n) is 2.46. The van der Waals surface area contributed by atoms with Crippen molar-refractivity contribution in [3.8, 4) is 0 Å². The van der Waals surface area contributed by atoms with E-state index >= 15 is 0 Å². The van der Waals surface area contributed by atoms with Crippen LogP contribution in [0.3, 0.4) is 0 Å². The van der Waals surface area contributed by atoms with Crippen molar-refractivity contribution in [3.05, 3.63) is 34.1 Å². The molecule has 2 N–H and O–H groups in total. The molecule has 0 aliphatic carbocycles. The molecule has 1 aliphatic rings. The molecule has 1 aliphatic heterocycles. The highest BCUT2D eigenvalue weighted by molar-refractivity contribution is 9.10. The number of piperidine rings is 1. The Kier molecular flexibility index (Phi) is 6.42. The van der Waals surface area contributed by atoms with Crippen LogP contribution in [0.2, 0.25) is 0 Å². The smallest absolute Gasteiger partial charge is 0.124 e. The van der Waals surface area contributed by atoms with Crippen molar-refractivity contribution in [2.24, 2.45) is 0 Å². The van der Waals surface area contributed by atoms with Crippen LogP contribution < -0.4 is 5.32 Å². The molecule has 5 heteroatoms. The van der Waals surface area contributed by atoms with Crippen molar-refractivity contribution in [2.75, 3.05) is 26.2 Å². The molecule has 2 rings (SSSR count). The van der Waals surface area contributed by atoms with Crippen molar-refractivity contribution >= 4 is 15.9 Å². The lowest BCUT2D eigenvalue weighted by Gasteiger charge is -2.29. The monoisotopic (exact) mass is 344 g/mol. The summed E-state index contributed by atoms with van der Waals surface area (Å²) in [7, 11) is 0. The molecule has 112 valence electrons. The summed E-state index contributed by atoms with van der Waals surface area (Å²) in [5.74, 6) is -0.215. The van der Waals surface area contributed by atoms with Gasteiger partial charge in [0.05, 0.1) is 6.10 Å². The topological polar surface area (TPSA) is 35.5 Å². The third-order valence-corrected chi connectivity index (χ3v) is 4.45. The minimum absolute atomic E-state index is 0.0970. The standard InChI is InChI=1S/C15H22BrFN2O/c16-15-10-13(17)3-2-12(15)11-18-6-1-7-19-8-4-14(20)5-9-19/h2-3,10,14,18,20H,1,4-9,11H2. The van der Waals surface area contributed by atoms with Crippen molar-refractivity contribution in [2.45, 2.75) is 31.9 Å². The van der Waals surface area contributed by atoms with Gasteiger partial charge in [-0.2, -0.15) is 0 Å². The number of benzene rings is 1. The third-order valence-electron chi connectivity index (χ3n) is 3.72. The minimum atomic E-state index is -0.215. The second-order valence-electron chi connectivity index (χ2n) is 5.34. The van der Waals surface area contributed by atoms with E-state index in [9.17, 15) is 9.50 Å². The molecular weight excluding hydrogens is 323 g/mol. The van der Waals surface area contributed by atoms with Crippen LogP contribution in [0.5, 0.6) is 0 Å². The molecule has 0 spiro atoms. The van der Waals surface area contributed by atoms with Crippen molar-refractivity contribution in [1.82, 2.24) is 10.2 Å². The van der Waals surface area contributed by atoms with Gasteiger partial charge in [0.25, 0.3) is 0 Å². The van der Waals surface area contributed by atoms with Gasteiger partial charge in [0, 0.05) is 24.1 Å². The van der Waals surface area contributed by atoms with E-state index in [1.54, 1.807) is 6.07 Å². The van der Waals surface area contributed by atoms with Crippen molar-refractivity contribution in [1.29, 1.82) is 0 Å². The molecule has 0 saturated carbocycles. The number of aliphatic hydroxyl groups is 1. The molecule has 0 bridgehead atoms. The Hall–Kier alpha value is -0.490. The fourth-order valence-corrected chi connectivity index (χ4v) is 2.95. The van der Waals surface area contributed by atoms with Gasteiger partial charge in [-0.1, -0.05) is 22.0 Å². The first kappa shape index (κ1) is 15.9. The second kappa shape index (κ2) is 8.08. The van der Waals surface area contributed by atoms with E-state index < -0.39 is 0 Å². The minimum Gasteiger partial charge on any atom is -0.393 e. The van der Waals surface area contributed by atoms with Gasteiger partial charge in [-0.25, -0.2) is 4.39 Å². The van der Waals surface area contributed by atoms with Crippen molar-refractivity contribution in [3.63, 3.8) is 0 Å². The van der Waals surface area contributed by atoms with Gasteiger partial charge < -0.3 is 15.3 Å². The summed E-state index contributed by atoms with van der Waals surface area (Å²) >= 11 is 3.37. The Morgan fingerprint density at radius 2 is 2.10 bits per heavy atom. The second-order valence-corrected chi connectivity index (χ2v) is 6.19. The number of aliphatic hydroxyl groups excluding tert-OH is 1. The largest absolute Gasteiger partial charge is 0.393 e. The number of halogens is 2. The molecule has 0 atom stereocenters. The maximum absolute atomic E-state index is 13.0. The van der Waals surface area contributed by atoms with Crippen LogP contribution in [-0.2, 0) is 6.54 Å². The van der Waals surface area contributed by atoms with Crippen LogP contribution in [-0.4, -0.2) is 42.3 Å². The van der Waals surface area contributed by atoms with Crippen LogP contribution >= 0.6 is 15.9 Å². The Labute approximate surface area is 128 Å². The van der Waals surface area contributed by atoms with E-state index in [1.165, 1.54) is 12.1 Å². The molecular formula is C15H22BrFN2O. The summed E-state index contributed by atoms with van der Waals surface area (Å²) in [5, 5.41) is 12.8. The maximum Gasteiger partial charge on any atom is 0.124 e. The maximum atomic E-state index is 13.0. The highest BCUT2D eigenvalue weighted by atomic mass is 79.9. The molecule has 0 aromatic heterocycles. The number of hydrogen-bond donors (Lipinski definition) is 2. The molecule has 1 aromatic carbocycles. The summed E-state index contributed by atoms with van der Waals surface area (Å²) in [5.41, 5.74) is 1.08. The molecule has 1 aromatic rings. The number of nitrogens with zero attached hydrogens (tertiary/aromatic N) is 1. The number of hydrogen-bond acceptors (Lipinski definition) is 3. The SMILES string of the molecule is OC1CCN(CCCNCc2ccc(F)cc2Br)CC1. The molecule has 20 heavy (non-hydrogen) atoms. The number of nitrogens with one attached hydrogen (secondary N) is 1. The normalized spacial score (nSPS) is 17.6. The van der Waals surface area contributed by atoms with Gasteiger partial charge in [0.2, 0.25) is 0 Å². The first-order valence-electron chi connectivity index (χ1n) is 7.20. The van der Waals surface area contributed by atoms with Crippen LogP contribution in [0.15, 0.2) is 22.7 Å². The molecule has 3 nitrogen and oxygen atoms in total. The van der Waals surface area contributed by atoms with Crippen LogP contribution in [0.4, 0.5) is 4.39 Å². The average Bonchev–Trinajstić information content (AvgIpc) is 2.42. The quantitative estimate of drug-likeness (QED) is 0.778. The third kappa shape index (κ3) is 5.13. The van der Waals surface area contributed by atoms with E-state index in [4.69, 9.17) is 0 Å². The van der Waals surface area contributed by atoms with E-state index in [2.05, 4.69) is 26.1 Å². The molecule has 1 saturated heterocycles. The summed E-state index contributed by atoms with van der Waals surface area (Å²) in [6.07, 6.45) is 2.79. The molecule has 0 amide bonds. The van der Waals surface area contributed by atoms with Crippen LogP contribution in [0.1, 0.15) is 24.8 Å². The zero-order chi connectivity index (χ0) is 14.4. The highest BCUT2D eigenvalue weighted by Crippen LogP contribution is 2.17. The fraction of sp³-hybridized carbons (Fsp3) is 0.600. The van der Waals surface area contributed by atoms with Gasteiger partial charge in [-0.3, -0.25) is 0 Å². The first-order valence-corrected chi connectivity index (χ1v) is 7.99. The van der Waals surface area contributed by atoms with Gasteiger partial charge in [-0.05, 0) is 50.0 Å². The van der Waals surface area contributed by atoms with Crippen molar-refractivity contribution < 1.29 is 9.50 Å². The zero-order valence-electron chi connectivity index (χ0n) is 11.6. The summed E-state index contributed by atoms with van der Waals surface area (Å²) in [6.45, 7) is 4.78. The van der Waals surface area contributed by atoms with Crippen LogP contribution in [0, 0.1) is 5.82 Å². The first-order chi connectivity index (χ1) is 9.65. The van der Waals surface area contributed by atoms with Gasteiger partial charge in [0.1, 0.15) is 5.82 Å². The van der Waals surface area contributed by atoms with E-state index in [-0.39, 0.29) is 11.9 Å².